The molecule has 0 saturated carbocycles. The number of alkyl halides is 3. The Hall–Kier alpha value is -1.59. The summed E-state index contributed by atoms with van der Waals surface area (Å²) in [5.74, 6) is -0.278. The topological polar surface area (TPSA) is 56.1 Å². The molecule has 8 heteroatoms. The Morgan fingerprint density at radius 1 is 1.39 bits per heavy atom. The highest BCUT2D eigenvalue weighted by Crippen LogP contribution is 2.38. The lowest BCUT2D eigenvalue weighted by Crippen LogP contribution is -2.28. The molecule has 0 atom stereocenters. The van der Waals surface area contributed by atoms with E-state index in [-0.39, 0.29) is 25.4 Å². The van der Waals surface area contributed by atoms with Crippen molar-refractivity contribution in [3.63, 3.8) is 0 Å². The Morgan fingerprint density at radius 2 is 2.13 bits per heavy atom. The first-order valence-corrected chi connectivity index (χ1v) is 8.21. The fourth-order valence-corrected chi connectivity index (χ4v) is 3.78. The van der Waals surface area contributed by atoms with Gasteiger partial charge in [-0.25, -0.2) is 0 Å². The normalized spacial score (nSPS) is 13.9. The lowest BCUT2D eigenvalue weighted by atomic mass is 10.1. The summed E-state index contributed by atoms with van der Waals surface area (Å²) in [6.07, 6.45) is -2.14. The van der Waals surface area contributed by atoms with E-state index in [1.807, 2.05) is 0 Å². The highest BCUT2D eigenvalue weighted by Gasteiger charge is 2.27. The van der Waals surface area contributed by atoms with Crippen molar-refractivity contribution in [2.24, 2.45) is 0 Å². The number of thiophene rings is 1. The second-order valence-electron chi connectivity index (χ2n) is 5.64. The molecule has 1 aliphatic carbocycles. The van der Waals surface area contributed by atoms with Gasteiger partial charge in [0.1, 0.15) is 11.1 Å². The van der Waals surface area contributed by atoms with Crippen molar-refractivity contribution in [1.82, 2.24) is 4.90 Å². The van der Waals surface area contributed by atoms with Crippen LogP contribution in [0.25, 0.3) is 0 Å². The minimum atomic E-state index is -4.18. The second-order valence-corrected chi connectivity index (χ2v) is 6.75. The summed E-state index contributed by atoms with van der Waals surface area (Å²) in [4.78, 5) is 14.6. The van der Waals surface area contributed by atoms with Crippen molar-refractivity contribution in [3.8, 4) is 6.07 Å². The van der Waals surface area contributed by atoms with E-state index in [1.165, 1.54) is 16.2 Å². The molecule has 23 heavy (non-hydrogen) atoms. The third-order valence-corrected chi connectivity index (χ3v) is 4.99. The summed E-state index contributed by atoms with van der Waals surface area (Å²) in [6, 6.07) is 2.14. The largest absolute Gasteiger partial charge is 0.390 e. The Labute approximate surface area is 136 Å². The van der Waals surface area contributed by atoms with Crippen molar-refractivity contribution >= 4 is 22.2 Å². The first kappa shape index (κ1) is 17.8. The number of amides is 1. The quantitative estimate of drug-likeness (QED) is 0.860. The standard InChI is InChI=1S/C15H18F3N3OS/c1-21(8-6-15(16,17)18)7-5-13(22)20-14-11(9-19)10-3-2-4-12(10)23-14/h2-8H2,1H3,(H,20,22). The lowest BCUT2D eigenvalue weighted by molar-refractivity contribution is -0.137. The second kappa shape index (κ2) is 7.32. The van der Waals surface area contributed by atoms with Crippen LogP contribution in [0.4, 0.5) is 18.2 Å². The molecule has 1 N–H and O–H groups in total. The van der Waals surface area contributed by atoms with Crippen LogP contribution in [0.5, 0.6) is 0 Å². The summed E-state index contributed by atoms with van der Waals surface area (Å²) in [6.45, 7) is 0.114. The molecule has 1 aromatic heterocycles. The molecule has 4 nitrogen and oxygen atoms in total. The Morgan fingerprint density at radius 3 is 2.78 bits per heavy atom. The summed E-state index contributed by atoms with van der Waals surface area (Å²) < 4.78 is 36.4. The number of carbonyl (C=O) groups excluding carboxylic acids is 1. The highest BCUT2D eigenvalue weighted by atomic mass is 32.1. The molecule has 0 aliphatic heterocycles. The van der Waals surface area contributed by atoms with E-state index in [2.05, 4.69) is 11.4 Å². The van der Waals surface area contributed by atoms with Crippen LogP contribution in [0, 0.1) is 11.3 Å². The number of halogens is 3. The van der Waals surface area contributed by atoms with Crippen LogP contribution in [0.1, 0.15) is 35.3 Å². The van der Waals surface area contributed by atoms with Crippen LogP contribution in [-0.2, 0) is 17.6 Å². The monoisotopic (exact) mass is 345 g/mol. The van der Waals surface area contributed by atoms with Gasteiger partial charge in [-0.2, -0.15) is 18.4 Å². The van der Waals surface area contributed by atoms with Gasteiger partial charge in [0.2, 0.25) is 5.91 Å². The van der Waals surface area contributed by atoms with Crippen molar-refractivity contribution in [3.05, 3.63) is 16.0 Å². The van der Waals surface area contributed by atoms with Gasteiger partial charge in [0.15, 0.2) is 0 Å². The van der Waals surface area contributed by atoms with E-state index in [1.54, 1.807) is 7.05 Å². The molecule has 0 spiro atoms. The zero-order valence-electron chi connectivity index (χ0n) is 12.8. The fourth-order valence-electron chi connectivity index (χ4n) is 2.52. The molecule has 126 valence electrons. The van der Waals surface area contributed by atoms with E-state index in [0.29, 0.717) is 10.6 Å². The molecule has 0 radical (unpaired) electrons. The van der Waals surface area contributed by atoms with Crippen LogP contribution < -0.4 is 5.32 Å². The maximum Gasteiger partial charge on any atom is 0.390 e. The average molecular weight is 345 g/mol. The summed E-state index contributed by atoms with van der Waals surface area (Å²) >= 11 is 1.43. The van der Waals surface area contributed by atoms with Crippen molar-refractivity contribution in [2.75, 3.05) is 25.5 Å². The van der Waals surface area contributed by atoms with Gasteiger partial charge in [0.25, 0.3) is 0 Å². The molecular formula is C15H18F3N3OS. The van der Waals surface area contributed by atoms with Gasteiger partial charge >= 0.3 is 6.18 Å². The number of hydrogen-bond acceptors (Lipinski definition) is 4. The van der Waals surface area contributed by atoms with E-state index in [0.717, 1.165) is 29.7 Å². The first-order chi connectivity index (χ1) is 10.8. The molecule has 0 saturated heterocycles. The molecule has 1 heterocycles. The zero-order valence-corrected chi connectivity index (χ0v) is 13.6. The van der Waals surface area contributed by atoms with Gasteiger partial charge in [0.05, 0.1) is 12.0 Å². The minimum Gasteiger partial charge on any atom is -0.317 e. The number of hydrogen-bond donors (Lipinski definition) is 1. The highest BCUT2D eigenvalue weighted by molar-refractivity contribution is 7.16. The van der Waals surface area contributed by atoms with E-state index < -0.39 is 12.6 Å². The zero-order chi connectivity index (χ0) is 17.0. The van der Waals surface area contributed by atoms with Crippen LogP contribution in [0.15, 0.2) is 0 Å². The molecule has 0 bridgehead atoms. The smallest absolute Gasteiger partial charge is 0.317 e. The number of aryl methyl sites for hydroxylation is 1. The lowest BCUT2D eigenvalue weighted by Gasteiger charge is -2.17. The van der Waals surface area contributed by atoms with Gasteiger partial charge in [-0.05, 0) is 31.9 Å². The molecular weight excluding hydrogens is 327 g/mol. The molecule has 0 unspecified atom stereocenters. The number of carbonyl (C=O) groups is 1. The van der Waals surface area contributed by atoms with E-state index in [9.17, 15) is 23.2 Å². The summed E-state index contributed by atoms with van der Waals surface area (Å²) in [7, 11) is 1.55. The first-order valence-electron chi connectivity index (χ1n) is 7.40. The van der Waals surface area contributed by atoms with Gasteiger partial charge in [-0.1, -0.05) is 0 Å². The van der Waals surface area contributed by atoms with Crippen molar-refractivity contribution < 1.29 is 18.0 Å². The Kier molecular flexibility index (Phi) is 5.65. The average Bonchev–Trinajstić information content (AvgIpc) is 3.02. The van der Waals surface area contributed by atoms with Crippen LogP contribution in [0.3, 0.4) is 0 Å². The number of fused-ring (bicyclic) bond motifs is 1. The number of anilines is 1. The summed E-state index contributed by atoms with van der Waals surface area (Å²) in [5, 5.41) is 12.5. The fraction of sp³-hybridized carbons (Fsp3) is 0.600. The van der Waals surface area contributed by atoms with Gasteiger partial charge in [-0.15, -0.1) is 11.3 Å². The van der Waals surface area contributed by atoms with Crippen LogP contribution >= 0.6 is 11.3 Å². The SMILES string of the molecule is CN(CCC(=O)Nc1sc2c(c1C#N)CCC2)CCC(F)(F)F. The van der Waals surface area contributed by atoms with Crippen LogP contribution in [0.2, 0.25) is 0 Å². The predicted octanol–water partition coefficient (Wildman–Crippen LogP) is 3.32. The molecule has 2 rings (SSSR count). The third kappa shape index (κ3) is 4.94. The number of nitriles is 1. The molecule has 1 amide bonds. The maximum absolute atomic E-state index is 12.1. The van der Waals surface area contributed by atoms with Crippen LogP contribution in [-0.4, -0.2) is 37.1 Å². The number of nitrogens with one attached hydrogen (secondary N) is 1. The summed E-state index contributed by atoms with van der Waals surface area (Å²) in [5.41, 5.74) is 1.58. The van der Waals surface area contributed by atoms with E-state index >= 15 is 0 Å². The van der Waals surface area contributed by atoms with E-state index in [4.69, 9.17) is 0 Å². The number of rotatable bonds is 6. The van der Waals surface area contributed by atoms with Gasteiger partial charge in [-0.3, -0.25) is 4.79 Å². The molecule has 0 aromatic carbocycles. The van der Waals surface area contributed by atoms with Crippen molar-refractivity contribution in [2.45, 2.75) is 38.3 Å². The van der Waals surface area contributed by atoms with Crippen molar-refractivity contribution in [1.29, 1.82) is 5.26 Å². The predicted molar refractivity (Wildman–Crippen MR) is 82.5 cm³/mol. The molecule has 1 aliphatic rings. The van der Waals surface area contributed by atoms with Gasteiger partial charge in [0, 0.05) is 24.4 Å². The van der Waals surface area contributed by atoms with Gasteiger partial charge < -0.3 is 10.2 Å². The Bertz CT molecular complexity index is 619. The maximum atomic E-state index is 12.1. The molecule has 1 aromatic rings. The number of nitrogens with zero attached hydrogens (tertiary/aromatic N) is 2. The minimum absolute atomic E-state index is 0.0990. The molecule has 0 fully saturated rings. The Balaban J connectivity index is 1.83. The third-order valence-electron chi connectivity index (χ3n) is 3.78.